The number of nitrogens with zero attached hydrogens (tertiary/aromatic N) is 1. The molecule has 0 radical (unpaired) electrons. The van der Waals surface area contributed by atoms with Crippen molar-refractivity contribution in [2.45, 2.75) is 45.2 Å². The molecule has 126 valence electrons. The van der Waals surface area contributed by atoms with E-state index in [0.717, 1.165) is 32.4 Å². The predicted molar refractivity (Wildman–Crippen MR) is 89.1 cm³/mol. The molecular formula is C18H26N2O3. The molecule has 2 rings (SSSR count). The molecule has 0 aromatic heterocycles. The highest BCUT2D eigenvalue weighted by atomic mass is 16.4. The number of amides is 1. The van der Waals surface area contributed by atoms with Crippen LogP contribution in [-0.2, 0) is 16.0 Å². The molecule has 2 N–H and O–H groups in total. The molecule has 5 heteroatoms. The molecule has 5 nitrogen and oxygen atoms in total. The molecular weight excluding hydrogens is 292 g/mol. The van der Waals surface area contributed by atoms with Crippen molar-refractivity contribution in [3.8, 4) is 0 Å². The molecule has 0 aliphatic carbocycles. The summed E-state index contributed by atoms with van der Waals surface area (Å²) in [7, 11) is 0. The van der Waals surface area contributed by atoms with Crippen molar-refractivity contribution in [3.63, 3.8) is 0 Å². The molecule has 2 unspecified atom stereocenters. The van der Waals surface area contributed by atoms with Gasteiger partial charge in [0.05, 0.1) is 6.04 Å². The first kappa shape index (κ1) is 17.5. The van der Waals surface area contributed by atoms with Gasteiger partial charge in [0.15, 0.2) is 0 Å². The Morgan fingerprint density at radius 3 is 2.39 bits per heavy atom. The zero-order chi connectivity index (χ0) is 16.8. The maximum absolute atomic E-state index is 12.1. The minimum Gasteiger partial charge on any atom is -0.480 e. The Balaban J connectivity index is 1.79. The SMILES string of the molecule is CC(NC(=O)C(C)N1CCC(Cc2ccccc2)CC1)C(=O)O. The fourth-order valence-corrected chi connectivity index (χ4v) is 3.05. The van der Waals surface area contributed by atoms with E-state index in [1.807, 2.05) is 13.0 Å². The highest BCUT2D eigenvalue weighted by Gasteiger charge is 2.28. The van der Waals surface area contributed by atoms with Crippen LogP contribution in [0.2, 0.25) is 0 Å². The van der Waals surface area contributed by atoms with Gasteiger partial charge in [-0.15, -0.1) is 0 Å². The number of carbonyl (C=O) groups excluding carboxylic acids is 1. The number of nitrogens with one attached hydrogen (secondary N) is 1. The van der Waals surface area contributed by atoms with Crippen LogP contribution in [0.1, 0.15) is 32.3 Å². The topological polar surface area (TPSA) is 69.6 Å². The number of hydrogen-bond acceptors (Lipinski definition) is 3. The standard InChI is InChI=1S/C18H26N2O3/c1-13(18(22)23)19-17(21)14(2)20-10-8-16(9-11-20)12-15-6-4-3-5-7-15/h3-7,13-14,16H,8-12H2,1-2H3,(H,19,21)(H,22,23). The highest BCUT2D eigenvalue weighted by molar-refractivity contribution is 5.86. The minimum atomic E-state index is -1.01. The van der Waals surface area contributed by atoms with Crippen LogP contribution < -0.4 is 5.32 Å². The largest absolute Gasteiger partial charge is 0.480 e. The van der Waals surface area contributed by atoms with E-state index in [-0.39, 0.29) is 11.9 Å². The molecule has 1 aromatic rings. The van der Waals surface area contributed by atoms with Crippen LogP contribution in [0.5, 0.6) is 0 Å². The molecule has 0 saturated carbocycles. The number of benzene rings is 1. The van der Waals surface area contributed by atoms with Crippen molar-refractivity contribution in [1.82, 2.24) is 10.2 Å². The van der Waals surface area contributed by atoms with Crippen LogP contribution in [0.15, 0.2) is 30.3 Å². The fraction of sp³-hybridized carbons (Fsp3) is 0.556. The van der Waals surface area contributed by atoms with Gasteiger partial charge in [0.1, 0.15) is 6.04 Å². The Morgan fingerprint density at radius 1 is 1.22 bits per heavy atom. The number of carbonyl (C=O) groups is 2. The van der Waals surface area contributed by atoms with Gasteiger partial charge in [-0.05, 0) is 57.7 Å². The van der Waals surface area contributed by atoms with E-state index in [9.17, 15) is 9.59 Å². The van der Waals surface area contributed by atoms with Gasteiger partial charge in [0, 0.05) is 0 Å². The predicted octanol–water partition coefficient (Wildman–Crippen LogP) is 1.92. The van der Waals surface area contributed by atoms with Gasteiger partial charge in [-0.1, -0.05) is 30.3 Å². The van der Waals surface area contributed by atoms with Gasteiger partial charge in [0.2, 0.25) is 5.91 Å². The fourth-order valence-electron chi connectivity index (χ4n) is 3.05. The van der Waals surface area contributed by atoms with Crippen LogP contribution in [0, 0.1) is 5.92 Å². The number of carboxylic acid groups (broad SMARTS) is 1. The van der Waals surface area contributed by atoms with Crippen molar-refractivity contribution in [3.05, 3.63) is 35.9 Å². The Kier molecular flexibility index (Phi) is 6.16. The third kappa shape index (κ3) is 5.06. The highest BCUT2D eigenvalue weighted by Crippen LogP contribution is 2.22. The summed E-state index contributed by atoms with van der Waals surface area (Å²) in [4.78, 5) is 25.1. The molecule has 1 heterocycles. The Bertz CT molecular complexity index is 524. The molecule has 23 heavy (non-hydrogen) atoms. The van der Waals surface area contributed by atoms with Crippen LogP contribution in [-0.4, -0.2) is 47.1 Å². The summed E-state index contributed by atoms with van der Waals surface area (Å²) in [6, 6.07) is 9.37. The number of carboxylic acids is 1. The lowest BCUT2D eigenvalue weighted by Crippen LogP contribution is -2.51. The maximum atomic E-state index is 12.1. The van der Waals surface area contributed by atoms with E-state index in [1.165, 1.54) is 12.5 Å². The summed E-state index contributed by atoms with van der Waals surface area (Å²) < 4.78 is 0. The number of hydrogen-bond donors (Lipinski definition) is 2. The normalized spacial score (nSPS) is 19.0. The van der Waals surface area contributed by atoms with Crippen molar-refractivity contribution in [2.75, 3.05) is 13.1 Å². The molecule has 0 spiro atoms. The van der Waals surface area contributed by atoms with Crippen LogP contribution in [0.25, 0.3) is 0 Å². The van der Waals surface area contributed by atoms with Crippen molar-refractivity contribution in [2.24, 2.45) is 5.92 Å². The zero-order valence-corrected chi connectivity index (χ0v) is 13.9. The number of rotatable bonds is 6. The van der Waals surface area contributed by atoms with Gasteiger partial charge in [-0.2, -0.15) is 0 Å². The van der Waals surface area contributed by atoms with E-state index < -0.39 is 12.0 Å². The smallest absolute Gasteiger partial charge is 0.325 e. The van der Waals surface area contributed by atoms with E-state index in [2.05, 4.69) is 34.5 Å². The summed E-state index contributed by atoms with van der Waals surface area (Å²) in [5.74, 6) is -0.560. The molecule has 1 aliphatic rings. The van der Waals surface area contributed by atoms with E-state index in [1.54, 1.807) is 0 Å². The lowest BCUT2D eigenvalue weighted by molar-refractivity contribution is -0.142. The second-order valence-electron chi connectivity index (χ2n) is 6.41. The summed E-state index contributed by atoms with van der Waals surface area (Å²) in [5.41, 5.74) is 1.37. The van der Waals surface area contributed by atoms with Gasteiger partial charge >= 0.3 is 5.97 Å². The van der Waals surface area contributed by atoms with Crippen molar-refractivity contribution >= 4 is 11.9 Å². The Labute approximate surface area is 137 Å². The van der Waals surface area contributed by atoms with Gasteiger partial charge in [0.25, 0.3) is 0 Å². The average Bonchev–Trinajstić information content (AvgIpc) is 2.55. The molecule has 1 aliphatic heterocycles. The van der Waals surface area contributed by atoms with Gasteiger partial charge in [-0.25, -0.2) is 0 Å². The zero-order valence-electron chi connectivity index (χ0n) is 13.9. The van der Waals surface area contributed by atoms with Crippen molar-refractivity contribution < 1.29 is 14.7 Å². The molecule has 1 fully saturated rings. The van der Waals surface area contributed by atoms with E-state index in [4.69, 9.17) is 5.11 Å². The second-order valence-corrected chi connectivity index (χ2v) is 6.41. The molecule has 2 atom stereocenters. The van der Waals surface area contributed by atoms with Gasteiger partial charge in [-0.3, -0.25) is 14.5 Å². The first-order valence-electron chi connectivity index (χ1n) is 8.28. The number of piperidine rings is 1. The quantitative estimate of drug-likeness (QED) is 0.841. The van der Waals surface area contributed by atoms with Crippen LogP contribution >= 0.6 is 0 Å². The van der Waals surface area contributed by atoms with E-state index >= 15 is 0 Å². The number of aliphatic carboxylic acids is 1. The first-order chi connectivity index (χ1) is 11.0. The van der Waals surface area contributed by atoms with Crippen LogP contribution in [0.3, 0.4) is 0 Å². The lowest BCUT2D eigenvalue weighted by Gasteiger charge is -2.35. The van der Waals surface area contributed by atoms with E-state index in [0.29, 0.717) is 5.92 Å². The first-order valence-corrected chi connectivity index (χ1v) is 8.28. The summed E-state index contributed by atoms with van der Waals surface area (Å²) in [6.07, 6.45) is 3.23. The Morgan fingerprint density at radius 2 is 1.83 bits per heavy atom. The van der Waals surface area contributed by atoms with Crippen LogP contribution in [0.4, 0.5) is 0 Å². The molecule has 1 amide bonds. The lowest BCUT2D eigenvalue weighted by atomic mass is 9.89. The molecule has 1 aromatic carbocycles. The number of likely N-dealkylation sites (tertiary alicyclic amines) is 1. The molecule has 0 bridgehead atoms. The summed E-state index contributed by atoms with van der Waals surface area (Å²) in [5, 5.41) is 11.4. The van der Waals surface area contributed by atoms with Gasteiger partial charge < -0.3 is 10.4 Å². The third-order valence-corrected chi connectivity index (χ3v) is 4.67. The third-order valence-electron chi connectivity index (χ3n) is 4.67. The average molecular weight is 318 g/mol. The second kappa shape index (κ2) is 8.11. The monoisotopic (exact) mass is 318 g/mol. The Hall–Kier alpha value is -1.88. The molecule has 1 saturated heterocycles. The maximum Gasteiger partial charge on any atom is 0.325 e. The van der Waals surface area contributed by atoms with Crippen molar-refractivity contribution in [1.29, 1.82) is 0 Å². The summed E-state index contributed by atoms with van der Waals surface area (Å²) in [6.45, 7) is 5.10. The minimum absolute atomic E-state index is 0.207. The summed E-state index contributed by atoms with van der Waals surface area (Å²) >= 11 is 0.